The Morgan fingerprint density at radius 2 is 0.792 bits per heavy atom. The summed E-state index contributed by atoms with van der Waals surface area (Å²) < 4.78 is 0. The van der Waals surface area contributed by atoms with Crippen molar-refractivity contribution in [2.75, 3.05) is 0 Å². The van der Waals surface area contributed by atoms with Gasteiger partial charge in [0.2, 0.25) is 0 Å². The van der Waals surface area contributed by atoms with E-state index in [9.17, 15) is 0 Å². The van der Waals surface area contributed by atoms with E-state index in [1.807, 2.05) is 97.2 Å². The minimum atomic E-state index is 0.691. The summed E-state index contributed by atoms with van der Waals surface area (Å²) in [6, 6.07) is 55.4. The zero-order valence-corrected chi connectivity index (χ0v) is 26.0. The Balaban J connectivity index is 1.21. The summed E-state index contributed by atoms with van der Waals surface area (Å²) >= 11 is 0. The van der Waals surface area contributed by atoms with Crippen molar-refractivity contribution >= 4 is 0 Å². The molecule has 0 aliphatic rings. The van der Waals surface area contributed by atoms with Crippen LogP contribution in [0.4, 0.5) is 0 Å². The first-order chi connectivity index (χ1) is 23.8. The number of benzene rings is 4. The van der Waals surface area contributed by atoms with Crippen LogP contribution in [0.1, 0.15) is 0 Å². The molecule has 0 saturated carbocycles. The Hall–Kier alpha value is -6.59. The molecule has 0 atom stereocenters. The Morgan fingerprint density at radius 1 is 0.250 bits per heavy atom. The second kappa shape index (κ2) is 13.0. The monoisotopic (exact) mass is 615 g/mol. The summed E-state index contributed by atoms with van der Waals surface area (Å²) in [4.78, 5) is 24.4. The quantitative estimate of drug-likeness (QED) is 0.178. The molecule has 0 amide bonds. The van der Waals surface area contributed by atoms with E-state index in [0.29, 0.717) is 5.82 Å². The Kier molecular flexibility index (Phi) is 7.83. The zero-order valence-electron chi connectivity index (χ0n) is 26.0. The maximum atomic E-state index is 5.04. The first kappa shape index (κ1) is 28.9. The highest BCUT2D eigenvalue weighted by Gasteiger charge is 2.14. The molecule has 0 aliphatic carbocycles. The predicted molar refractivity (Wildman–Crippen MR) is 193 cm³/mol. The number of aromatic nitrogens is 5. The van der Waals surface area contributed by atoms with Gasteiger partial charge < -0.3 is 0 Å². The molecule has 4 aromatic carbocycles. The van der Waals surface area contributed by atoms with Crippen LogP contribution >= 0.6 is 0 Å². The van der Waals surface area contributed by atoms with Gasteiger partial charge in [-0.05, 0) is 70.8 Å². The van der Waals surface area contributed by atoms with E-state index in [0.717, 1.165) is 73.1 Å². The highest BCUT2D eigenvalue weighted by atomic mass is 14.9. The number of nitrogens with zero attached hydrogens (tertiary/aromatic N) is 5. The lowest BCUT2D eigenvalue weighted by Gasteiger charge is -2.12. The van der Waals surface area contributed by atoms with E-state index >= 15 is 0 Å². The van der Waals surface area contributed by atoms with Gasteiger partial charge in [-0.15, -0.1) is 0 Å². The maximum absolute atomic E-state index is 5.04. The molecule has 0 aliphatic heterocycles. The third-order valence-electron chi connectivity index (χ3n) is 8.20. The summed E-state index contributed by atoms with van der Waals surface area (Å²) in [5.41, 5.74) is 12.2. The molecule has 8 rings (SSSR count). The third kappa shape index (κ3) is 6.13. The van der Waals surface area contributed by atoms with Crippen molar-refractivity contribution in [3.05, 3.63) is 176 Å². The van der Waals surface area contributed by atoms with Gasteiger partial charge in [0.1, 0.15) is 0 Å². The van der Waals surface area contributed by atoms with Crippen molar-refractivity contribution in [3.63, 3.8) is 0 Å². The zero-order chi connectivity index (χ0) is 32.1. The smallest absolute Gasteiger partial charge is 0.160 e. The standard InChI is InChI=1S/C43H29N5/c1-4-13-30(14-5-1)36-27-41(37-21-10-11-23-44-37)46-42(28-36)40-26-34(22-24-45-40)33-19-12-20-35(25-33)39-29-38(31-15-6-2-7-16-31)47-43(48-39)32-17-8-3-9-18-32/h1-29H. The van der Waals surface area contributed by atoms with Gasteiger partial charge in [-0.1, -0.05) is 115 Å². The van der Waals surface area contributed by atoms with E-state index in [1.165, 1.54) is 0 Å². The fraction of sp³-hybridized carbons (Fsp3) is 0. The van der Waals surface area contributed by atoms with Crippen LogP contribution < -0.4 is 0 Å². The van der Waals surface area contributed by atoms with Gasteiger partial charge in [-0.3, -0.25) is 9.97 Å². The fourth-order valence-electron chi connectivity index (χ4n) is 5.78. The summed E-state index contributed by atoms with van der Waals surface area (Å²) in [6.07, 6.45) is 3.64. The second-order valence-electron chi connectivity index (χ2n) is 11.4. The summed E-state index contributed by atoms with van der Waals surface area (Å²) in [7, 11) is 0. The van der Waals surface area contributed by atoms with Gasteiger partial charge in [0.25, 0.3) is 0 Å². The van der Waals surface area contributed by atoms with E-state index in [1.54, 1.807) is 6.20 Å². The van der Waals surface area contributed by atoms with Gasteiger partial charge in [-0.2, -0.15) is 0 Å². The molecule has 4 heterocycles. The third-order valence-corrected chi connectivity index (χ3v) is 8.20. The van der Waals surface area contributed by atoms with Gasteiger partial charge in [0, 0.05) is 29.1 Å². The molecule has 0 N–H and O–H groups in total. The van der Waals surface area contributed by atoms with Crippen LogP contribution in [0.15, 0.2) is 176 Å². The fourth-order valence-corrected chi connectivity index (χ4v) is 5.78. The number of hydrogen-bond acceptors (Lipinski definition) is 5. The average Bonchev–Trinajstić information content (AvgIpc) is 3.19. The lowest BCUT2D eigenvalue weighted by atomic mass is 9.99. The molecule has 226 valence electrons. The van der Waals surface area contributed by atoms with Gasteiger partial charge in [0.05, 0.1) is 34.2 Å². The normalized spacial score (nSPS) is 10.9. The molecule has 48 heavy (non-hydrogen) atoms. The molecule has 0 spiro atoms. The molecule has 5 heteroatoms. The molecule has 8 aromatic rings. The molecule has 0 radical (unpaired) electrons. The van der Waals surface area contributed by atoms with Crippen LogP contribution in [-0.4, -0.2) is 24.9 Å². The van der Waals surface area contributed by atoms with Crippen molar-refractivity contribution in [1.82, 2.24) is 24.9 Å². The number of hydrogen-bond donors (Lipinski definition) is 0. The molecule has 0 fully saturated rings. The molecule has 0 saturated heterocycles. The van der Waals surface area contributed by atoms with Crippen molar-refractivity contribution < 1.29 is 0 Å². The van der Waals surface area contributed by atoms with Crippen LogP contribution in [-0.2, 0) is 0 Å². The largest absolute Gasteiger partial charge is 0.255 e. The van der Waals surface area contributed by atoms with Crippen molar-refractivity contribution in [2.24, 2.45) is 0 Å². The van der Waals surface area contributed by atoms with Crippen molar-refractivity contribution in [2.45, 2.75) is 0 Å². The van der Waals surface area contributed by atoms with Crippen molar-refractivity contribution in [1.29, 1.82) is 0 Å². The average molecular weight is 616 g/mol. The maximum Gasteiger partial charge on any atom is 0.160 e. The number of rotatable bonds is 7. The van der Waals surface area contributed by atoms with Crippen molar-refractivity contribution in [3.8, 4) is 78.9 Å². The van der Waals surface area contributed by atoms with Gasteiger partial charge in [-0.25, -0.2) is 15.0 Å². The molecule has 0 unspecified atom stereocenters. The Morgan fingerprint density at radius 3 is 1.50 bits per heavy atom. The summed E-state index contributed by atoms with van der Waals surface area (Å²) in [6.45, 7) is 0. The summed E-state index contributed by atoms with van der Waals surface area (Å²) in [5.74, 6) is 0.691. The van der Waals surface area contributed by atoms with Crippen LogP contribution in [0.5, 0.6) is 0 Å². The lowest BCUT2D eigenvalue weighted by Crippen LogP contribution is -1.96. The highest BCUT2D eigenvalue weighted by molar-refractivity contribution is 5.79. The van der Waals surface area contributed by atoms with Crippen LogP contribution in [0.3, 0.4) is 0 Å². The molecule has 4 aromatic heterocycles. The predicted octanol–water partition coefficient (Wildman–Crippen LogP) is 10.3. The van der Waals surface area contributed by atoms with E-state index in [-0.39, 0.29) is 0 Å². The molecular formula is C43H29N5. The van der Waals surface area contributed by atoms with E-state index in [2.05, 4.69) is 77.8 Å². The van der Waals surface area contributed by atoms with E-state index < -0.39 is 0 Å². The van der Waals surface area contributed by atoms with Crippen LogP contribution in [0.25, 0.3) is 78.9 Å². The first-order valence-corrected chi connectivity index (χ1v) is 15.8. The highest BCUT2D eigenvalue weighted by Crippen LogP contribution is 2.33. The molecular weight excluding hydrogens is 587 g/mol. The minimum absolute atomic E-state index is 0.691. The molecule has 0 bridgehead atoms. The van der Waals surface area contributed by atoms with Gasteiger partial charge in [0.15, 0.2) is 5.82 Å². The first-order valence-electron chi connectivity index (χ1n) is 15.8. The summed E-state index contributed by atoms with van der Waals surface area (Å²) in [5, 5.41) is 0. The second-order valence-corrected chi connectivity index (χ2v) is 11.4. The SMILES string of the molecule is c1ccc(-c2cc(-c3ccccn3)nc(-c3cc(-c4cccc(-c5cc(-c6ccccc6)nc(-c6ccccc6)n5)c4)ccn3)c2)cc1. The Bertz CT molecular complexity index is 2040. The number of pyridine rings is 3. The van der Waals surface area contributed by atoms with E-state index in [4.69, 9.17) is 19.9 Å². The van der Waals surface area contributed by atoms with Crippen LogP contribution in [0, 0.1) is 0 Å². The van der Waals surface area contributed by atoms with Gasteiger partial charge >= 0.3 is 0 Å². The molecule has 5 nitrogen and oxygen atoms in total. The lowest BCUT2D eigenvalue weighted by molar-refractivity contribution is 1.18. The Labute approximate surface area is 279 Å². The minimum Gasteiger partial charge on any atom is -0.255 e. The topological polar surface area (TPSA) is 64.5 Å². The van der Waals surface area contributed by atoms with Crippen LogP contribution in [0.2, 0.25) is 0 Å².